The van der Waals surface area contributed by atoms with Crippen LogP contribution in [-0.4, -0.2) is 49.9 Å². The van der Waals surface area contributed by atoms with Gasteiger partial charge in [-0.1, -0.05) is 55.3 Å². The Hall–Kier alpha value is -0.820. The maximum atomic E-state index is 13.1. The van der Waals surface area contributed by atoms with E-state index >= 15 is 0 Å². The van der Waals surface area contributed by atoms with Gasteiger partial charge in [-0.3, -0.25) is 9.69 Å². The summed E-state index contributed by atoms with van der Waals surface area (Å²) in [5.74, 6) is 0.628. The summed E-state index contributed by atoms with van der Waals surface area (Å²) < 4.78 is 23.6. The van der Waals surface area contributed by atoms with E-state index in [-0.39, 0.29) is 23.5 Å². The molecule has 1 aromatic carbocycles. The van der Waals surface area contributed by atoms with Crippen molar-refractivity contribution in [2.45, 2.75) is 44.6 Å². The third-order valence-electron chi connectivity index (χ3n) is 5.53. The third kappa shape index (κ3) is 6.08. The highest BCUT2D eigenvalue weighted by atomic mass is 35.5. The van der Waals surface area contributed by atoms with Crippen LogP contribution in [-0.2, 0) is 14.6 Å². The van der Waals surface area contributed by atoms with E-state index in [9.17, 15) is 13.2 Å². The van der Waals surface area contributed by atoms with Gasteiger partial charge in [-0.15, -0.1) is 0 Å². The topological polar surface area (TPSA) is 66.5 Å². The van der Waals surface area contributed by atoms with Crippen LogP contribution in [0.1, 0.15) is 38.5 Å². The van der Waals surface area contributed by atoms with Gasteiger partial charge in [-0.2, -0.15) is 0 Å². The minimum absolute atomic E-state index is 0.113. The van der Waals surface area contributed by atoms with E-state index in [4.69, 9.17) is 23.2 Å². The Labute approximate surface area is 171 Å². The standard InChI is InChI=1S/C19H26Cl2N2O3S/c20-15-11-16(21)13-17(12-15)22-19(24)18(10-14-4-2-1-3-5-14)23-6-8-27(25,26)9-7-23/h11-14,18H,1-10H2,(H,22,24)/t18-/m1/s1. The van der Waals surface area contributed by atoms with E-state index in [1.165, 1.54) is 19.3 Å². The molecule has 5 nitrogen and oxygen atoms in total. The minimum atomic E-state index is -2.99. The molecule has 1 aliphatic carbocycles. The molecule has 0 radical (unpaired) electrons. The number of benzene rings is 1. The number of amides is 1. The molecule has 3 rings (SSSR count). The lowest BCUT2D eigenvalue weighted by atomic mass is 9.84. The first-order chi connectivity index (χ1) is 12.8. The number of nitrogens with one attached hydrogen (secondary N) is 1. The SMILES string of the molecule is O=C(Nc1cc(Cl)cc(Cl)c1)[C@@H](CC1CCCCC1)N1CCS(=O)(=O)CC1. The summed E-state index contributed by atoms with van der Waals surface area (Å²) in [6.07, 6.45) is 6.71. The highest BCUT2D eigenvalue weighted by Crippen LogP contribution is 2.30. The molecule has 1 N–H and O–H groups in total. The molecular weight excluding hydrogens is 407 g/mol. The Balaban J connectivity index is 1.74. The minimum Gasteiger partial charge on any atom is -0.325 e. The number of sulfone groups is 1. The molecular formula is C19H26Cl2N2O3S. The first kappa shape index (κ1) is 20.9. The van der Waals surface area contributed by atoms with Crippen LogP contribution in [0.5, 0.6) is 0 Å². The summed E-state index contributed by atoms with van der Waals surface area (Å²) in [6.45, 7) is 0.812. The Kier molecular flexibility index (Phi) is 7.06. The molecule has 27 heavy (non-hydrogen) atoms. The zero-order valence-corrected chi connectivity index (χ0v) is 17.6. The van der Waals surface area contributed by atoms with Crippen LogP contribution in [0.25, 0.3) is 0 Å². The number of anilines is 1. The smallest absolute Gasteiger partial charge is 0.241 e. The highest BCUT2D eigenvalue weighted by molar-refractivity contribution is 7.91. The fraction of sp³-hybridized carbons (Fsp3) is 0.632. The van der Waals surface area contributed by atoms with Gasteiger partial charge in [-0.25, -0.2) is 8.42 Å². The molecule has 0 bridgehead atoms. The van der Waals surface area contributed by atoms with Crippen molar-refractivity contribution in [3.63, 3.8) is 0 Å². The van der Waals surface area contributed by atoms with Gasteiger partial charge in [0.25, 0.3) is 0 Å². The van der Waals surface area contributed by atoms with Crippen molar-refractivity contribution in [2.24, 2.45) is 5.92 Å². The van der Waals surface area contributed by atoms with Gasteiger partial charge in [0.1, 0.15) is 0 Å². The van der Waals surface area contributed by atoms with Crippen LogP contribution in [0, 0.1) is 5.92 Å². The van der Waals surface area contributed by atoms with Gasteiger partial charge < -0.3 is 5.32 Å². The molecule has 0 unspecified atom stereocenters. The van der Waals surface area contributed by atoms with Crippen LogP contribution in [0.3, 0.4) is 0 Å². The van der Waals surface area contributed by atoms with Crippen LogP contribution >= 0.6 is 23.2 Å². The molecule has 2 fully saturated rings. The van der Waals surface area contributed by atoms with E-state index in [2.05, 4.69) is 5.32 Å². The van der Waals surface area contributed by atoms with Crippen molar-refractivity contribution in [3.05, 3.63) is 28.2 Å². The lowest BCUT2D eigenvalue weighted by Gasteiger charge is -2.36. The fourth-order valence-corrected chi connectivity index (χ4v) is 5.81. The molecule has 150 valence electrons. The average Bonchev–Trinajstić information content (AvgIpc) is 2.60. The number of carbonyl (C=O) groups is 1. The molecule has 1 amide bonds. The number of hydrogen-bond acceptors (Lipinski definition) is 4. The number of hydrogen-bond donors (Lipinski definition) is 1. The average molecular weight is 433 g/mol. The fourth-order valence-electron chi connectivity index (χ4n) is 4.05. The molecule has 2 aliphatic rings. The molecule has 1 saturated carbocycles. The van der Waals surface area contributed by atoms with Crippen molar-refractivity contribution < 1.29 is 13.2 Å². The number of halogens is 2. The molecule has 1 aromatic rings. The van der Waals surface area contributed by atoms with E-state index in [1.54, 1.807) is 18.2 Å². The lowest BCUT2D eigenvalue weighted by molar-refractivity contribution is -0.122. The van der Waals surface area contributed by atoms with Crippen LogP contribution in [0.4, 0.5) is 5.69 Å². The predicted molar refractivity (Wildman–Crippen MR) is 110 cm³/mol. The van der Waals surface area contributed by atoms with E-state index < -0.39 is 9.84 Å². The second-order valence-electron chi connectivity index (χ2n) is 7.59. The molecule has 0 spiro atoms. The van der Waals surface area contributed by atoms with Crippen molar-refractivity contribution in [2.75, 3.05) is 29.9 Å². The zero-order chi connectivity index (χ0) is 19.4. The predicted octanol–water partition coefficient (Wildman–Crippen LogP) is 4.00. The quantitative estimate of drug-likeness (QED) is 0.762. The Morgan fingerprint density at radius 1 is 1.07 bits per heavy atom. The Morgan fingerprint density at radius 2 is 1.67 bits per heavy atom. The third-order valence-corrected chi connectivity index (χ3v) is 7.58. The van der Waals surface area contributed by atoms with Crippen molar-refractivity contribution >= 4 is 44.6 Å². The molecule has 1 heterocycles. The number of carbonyl (C=O) groups excluding carboxylic acids is 1. The number of rotatable bonds is 5. The summed E-state index contributed by atoms with van der Waals surface area (Å²) in [4.78, 5) is 15.1. The Bertz CT molecular complexity index is 745. The second kappa shape index (κ2) is 9.12. The van der Waals surface area contributed by atoms with Gasteiger partial charge in [0.2, 0.25) is 5.91 Å². The van der Waals surface area contributed by atoms with Crippen molar-refractivity contribution in [1.82, 2.24) is 4.90 Å². The number of nitrogens with zero attached hydrogens (tertiary/aromatic N) is 1. The molecule has 1 aliphatic heterocycles. The van der Waals surface area contributed by atoms with Gasteiger partial charge in [-0.05, 0) is 30.5 Å². The molecule has 1 atom stereocenters. The van der Waals surface area contributed by atoms with Crippen LogP contribution in [0.15, 0.2) is 18.2 Å². The summed E-state index contributed by atoms with van der Waals surface area (Å²) in [6, 6.07) is 4.63. The zero-order valence-electron chi connectivity index (χ0n) is 15.3. The maximum Gasteiger partial charge on any atom is 0.241 e. The first-order valence-corrected chi connectivity index (χ1v) is 12.1. The monoisotopic (exact) mass is 432 g/mol. The van der Waals surface area contributed by atoms with Gasteiger partial charge in [0.15, 0.2) is 9.84 Å². The molecule has 1 saturated heterocycles. The highest BCUT2D eigenvalue weighted by Gasteiger charge is 2.33. The normalized spacial score (nSPS) is 22.3. The largest absolute Gasteiger partial charge is 0.325 e. The summed E-state index contributed by atoms with van der Waals surface area (Å²) in [7, 11) is -2.99. The van der Waals surface area contributed by atoms with Crippen molar-refractivity contribution in [3.8, 4) is 0 Å². The summed E-state index contributed by atoms with van der Waals surface area (Å²) in [5.41, 5.74) is 0.566. The Morgan fingerprint density at radius 3 is 2.26 bits per heavy atom. The first-order valence-electron chi connectivity index (χ1n) is 9.54. The van der Waals surface area contributed by atoms with Gasteiger partial charge in [0.05, 0.1) is 17.5 Å². The lowest BCUT2D eigenvalue weighted by Crippen LogP contribution is -2.51. The van der Waals surface area contributed by atoms with Gasteiger partial charge in [0, 0.05) is 28.8 Å². The van der Waals surface area contributed by atoms with Crippen LogP contribution < -0.4 is 5.32 Å². The van der Waals surface area contributed by atoms with E-state index in [1.807, 2.05) is 4.90 Å². The summed E-state index contributed by atoms with van der Waals surface area (Å²) in [5, 5.41) is 3.86. The second-order valence-corrected chi connectivity index (χ2v) is 10.8. The van der Waals surface area contributed by atoms with E-state index in [0.29, 0.717) is 34.7 Å². The molecule has 8 heteroatoms. The van der Waals surface area contributed by atoms with Crippen LogP contribution in [0.2, 0.25) is 10.0 Å². The summed E-state index contributed by atoms with van der Waals surface area (Å²) >= 11 is 12.1. The van der Waals surface area contributed by atoms with E-state index in [0.717, 1.165) is 19.3 Å². The maximum absolute atomic E-state index is 13.1. The van der Waals surface area contributed by atoms with Crippen molar-refractivity contribution in [1.29, 1.82) is 0 Å². The van der Waals surface area contributed by atoms with Gasteiger partial charge >= 0.3 is 0 Å². The molecule has 0 aromatic heterocycles.